The lowest BCUT2D eigenvalue weighted by Gasteiger charge is -2.15. The van der Waals surface area contributed by atoms with Crippen molar-refractivity contribution in [2.24, 2.45) is 5.73 Å². The zero-order valence-corrected chi connectivity index (χ0v) is 9.77. The van der Waals surface area contributed by atoms with Crippen LogP contribution in [-0.4, -0.2) is 24.4 Å². The van der Waals surface area contributed by atoms with E-state index in [-0.39, 0.29) is 18.4 Å². The summed E-state index contributed by atoms with van der Waals surface area (Å²) in [6.45, 7) is 1.86. The van der Waals surface area contributed by atoms with E-state index in [1.54, 1.807) is 0 Å². The van der Waals surface area contributed by atoms with Crippen molar-refractivity contribution in [1.29, 1.82) is 0 Å². The molecule has 5 nitrogen and oxygen atoms in total. The van der Waals surface area contributed by atoms with Crippen LogP contribution in [0.2, 0.25) is 0 Å². The van der Waals surface area contributed by atoms with Crippen LogP contribution in [0.25, 0.3) is 0 Å². The monoisotopic (exact) mass is 235 g/mol. The summed E-state index contributed by atoms with van der Waals surface area (Å²) < 4.78 is 0. The van der Waals surface area contributed by atoms with E-state index in [1.807, 2.05) is 30.3 Å². The Morgan fingerprint density at radius 1 is 1.29 bits per heavy atom. The third kappa shape index (κ3) is 4.65. The highest BCUT2D eigenvalue weighted by molar-refractivity contribution is 5.86. The van der Waals surface area contributed by atoms with E-state index in [4.69, 9.17) is 5.73 Å². The van der Waals surface area contributed by atoms with Gasteiger partial charge in [-0.25, -0.2) is 0 Å². The molecule has 0 aliphatic rings. The second-order valence-corrected chi connectivity index (χ2v) is 3.69. The van der Waals surface area contributed by atoms with Gasteiger partial charge in [-0.05, 0) is 5.56 Å². The van der Waals surface area contributed by atoms with Crippen molar-refractivity contribution in [1.82, 2.24) is 10.6 Å². The fraction of sp³-hybridized carbons (Fsp3) is 0.333. The molecule has 0 radical (unpaired) electrons. The minimum absolute atomic E-state index is 0.0835. The molecule has 0 unspecified atom stereocenters. The lowest BCUT2D eigenvalue weighted by molar-refractivity contribution is -0.127. The number of nitrogens with two attached hydrogens (primary N) is 1. The number of hydrogen-bond donors (Lipinski definition) is 3. The van der Waals surface area contributed by atoms with Gasteiger partial charge in [0.1, 0.15) is 6.04 Å². The molecule has 17 heavy (non-hydrogen) atoms. The first kappa shape index (κ1) is 13.2. The highest BCUT2D eigenvalue weighted by atomic mass is 16.2. The van der Waals surface area contributed by atoms with Crippen LogP contribution in [0.15, 0.2) is 30.3 Å². The van der Waals surface area contributed by atoms with E-state index < -0.39 is 6.04 Å². The number of nitrogens with one attached hydrogen (secondary N) is 2. The van der Waals surface area contributed by atoms with E-state index in [9.17, 15) is 9.59 Å². The number of carbonyl (C=O) groups excluding carboxylic acids is 2. The molecule has 5 heteroatoms. The predicted octanol–water partition coefficient (Wildman–Crippen LogP) is -0.234. The number of amides is 2. The summed E-state index contributed by atoms with van der Waals surface area (Å²) in [6, 6.07) is 8.86. The van der Waals surface area contributed by atoms with E-state index in [0.717, 1.165) is 5.56 Å². The molecule has 0 fully saturated rings. The largest absolute Gasteiger partial charge is 0.350 e. The molecule has 0 spiro atoms. The third-order valence-electron chi connectivity index (χ3n) is 2.24. The van der Waals surface area contributed by atoms with Crippen molar-refractivity contribution in [3.63, 3.8) is 0 Å². The Kier molecular flexibility index (Phi) is 5.16. The lowest BCUT2D eigenvalue weighted by Crippen LogP contribution is -2.50. The smallest absolute Gasteiger partial charge is 0.244 e. The quantitative estimate of drug-likeness (QED) is 0.659. The first-order chi connectivity index (χ1) is 8.13. The maximum absolute atomic E-state index is 11.7. The molecule has 0 aromatic heterocycles. The molecular weight excluding hydrogens is 218 g/mol. The summed E-state index contributed by atoms with van der Waals surface area (Å²) >= 11 is 0. The van der Waals surface area contributed by atoms with Gasteiger partial charge in [0.05, 0.1) is 0 Å². The third-order valence-corrected chi connectivity index (χ3v) is 2.24. The molecule has 0 saturated carbocycles. The summed E-state index contributed by atoms with van der Waals surface area (Å²) in [5.74, 6) is -0.540. The summed E-state index contributed by atoms with van der Waals surface area (Å²) in [6.07, 6.45) is 0. The minimum atomic E-state index is -0.670. The van der Waals surface area contributed by atoms with Gasteiger partial charge in [0.2, 0.25) is 11.8 Å². The molecule has 92 valence electrons. The standard InChI is InChI=1S/C12H17N3O2/c1-9(16)15-11(7-13)12(17)14-8-10-5-3-2-4-6-10/h2-6,11H,7-8,13H2,1H3,(H,14,17)(H,15,16)/t11-/m1/s1. The molecule has 4 N–H and O–H groups in total. The Morgan fingerprint density at radius 3 is 2.47 bits per heavy atom. The Hall–Kier alpha value is -1.88. The van der Waals surface area contributed by atoms with Crippen LogP contribution in [0.3, 0.4) is 0 Å². The van der Waals surface area contributed by atoms with Crippen LogP contribution >= 0.6 is 0 Å². The lowest BCUT2D eigenvalue weighted by atomic mass is 10.2. The van der Waals surface area contributed by atoms with E-state index >= 15 is 0 Å². The van der Waals surface area contributed by atoms with Gasteiger partial charge in [-0.15, -0.1) is 0 Å². The van der Waals surface area contributed by atoms with Crippen molar-refractivity contribution in [2.45, 2.75) is 19.5 Å². The second-order valence-electron chi connectivity index (χ2n) is 3.69. The Balaban J connectivity index is 2.45. The number of carbonyl (C=O) groups is 2. The average molecular weight is 235 g/mol. The minimum Gasteiger partial charge on any atom is -0.350 e. The molecule has 0 bridgehead atoms. The van der Waals surface area contributed by atoms with Crippen LogP contribution < -0.4 is 16.4 Å². The van der Waals surface area contributed by atoms with E-state index in [0.29, 0.717) is 6.54 Å². The topological polar surface area (TPSA) is 84.2 Å². The van der Waals surface area contributed by atoms with Crippen LogP contribution in [0.5, 0.6) is 0 Å². The van der Waals surface area contributed by atoms with Crippen LogP contribution in [0, 0.1) is 0 Å². The van der Waals surface area contributed by atoms with Crippen LogP contribution in [0.1, 0.15) is 12.5 Å². The summed E-state index contributed by atoms with van der Waals surface area (Å²) in [4.78, 5) is 22.5. The van der Waals surface area contributed by atoms with Crippen molar-refractivity contribution in [3.8, 4) is 0 Å². The highest BCUT2D eigenvalue weighted by Gasteiger charge is 2.16. The normalized spacial score (nSPS) is 11.6. The summed E-state index contributed by atoms with van der Waals surface area (Å²) in [5, 5.41) is 5.21. The van der Waals surface area contributed by atoms with Crippen molar-refractivity contribution in [2.75, 3.05) is 6.54 Å². The van der Waals surface area contributed by atoms with E-state index in [2.05, 4.69) is 10.6 Å². The Labute approximate surface area is 100 Å². The Morgan fingerprint density at radius 2 is 1.94 bits per heavy atom. The van der Waals surface area contributed by atoms with Gasteiger partial charge in [-0.2, -0.15) is 0 Å². The molecule has 0 aliphatic heterocycles. The average Bonchev–Trinajstić information content (AvgIpc) is 2.34. The first-order valence-electron chi connectivity index (χ1n) is 5.42. The van der Waals surface area contributed by atoms with Gasteiger partial charge in [0.15, 0.2) is 0 Å². The molecule has 1 atom stereocenters. The number of hydrogen-bond acceptors (Lipinski definition) is 3. The second kappa shape index (κ2) is 6.65. The van der Waals surface area contributed by atoms with Crippen LogP contribution in [0.4, 0.5) is 0 Å². The molecule has 1 rings (SSSR count). The Bertz CT molecular complexity index is 379. The SMILES string of the molecule is CC(=O)N[C@H](CN)C(=O)NCc1ccccc1. The van der Waals surface area contributed by atoms with Gasteiger partial charge >= 0.3 is 0 Å². The zero-order valence-electron chi connectivity index (χ0n) is 9.77. The van der Waals surface area contributed by atoms with E-state index in [1.165, 1.54) is 6.92 Å². The first-order valence-corrected chi connectivity index (χ1v) is 5.42. The predicted molar refractivity (Wildman–Crippen MR) is 64.9 cm³/mol. The van der Waals surface area contributed by atoms with Crippen molar-refractivity contribution < 1.29 is 9.59 Å². The number of benzene rings is 1. The van der Waals surface area contributed by atoms with Gasteiger partial charge in [0.25, 0.3) is 0 Å². The van der Waals surface area contributed by atoms with Gasteiger partial charge < -0.3 is 16.4 Å². The van der Waals surface area contributed by atoms with Gasteiger partial charge in [0, 0.05) is 20.0 Å². The molecule has 0 saturated heterocycles. The number of rotatable bonds is 5. The fourth-order valence-corrected chi connectivity index (χ4v) is 1.39. The maximum Gasteiger partial charge on any atom is 0.244 e. The molecule has 1 aromatic rings. The fourth-order valence-electron chi connectivity index (χ4n) is 1.39. The summed E-state index contributed by atoms with van der Waals surface area (Å²) in [7, 11) is 0. The van der Waals surface area contributed by atoms with Gasteiger partial charge in [-0.3, -0.25) is 9.59 Å². The maximum atomic E-state index is 11.7. The molecule has 2 amide bonds. The van der Waals surface area contributed by atoms with Crippen LogP contribution in [-0.2, 0) is 16.1 Å². The van der Waals surface area contributed by atoms with Crippen molar-refractivity contribution >= 4 is 11.8 Å². The van der Waals surface area contributed by atoms with Crippen molar-refractivity contribution in [3.05, 3.63) is 35.9 Å². The van der Waals surface area contributed by atoms with Gasteiger partial charge in [-0.1, -0.05) is 30.3 Å². The molecular formula is C12H17N3O2. The zero-order chi connectivity index (χ0) is 12.7. The molecule has 0 aliphatic carbocycles. The summed E-state index contributed by atoms with van der Waals surface area (Å²) in [5.41, 5.74) is 6.41. The highest BCUT2D eigenvalue weighted by Crippen LogP contribution is 1.97. The molecule has 1 aromatic carbocycles. The molecule has 0 heterocycles.